The number of hydrogen-bond donors (Lipinski definition) is 2. The summed E-state index contributed by atoms with van der Waals surface area (Å²) in [5, 5.41) is 2.85. The average Bonchev–Trinajstić information content (AvgIpc) is 2.50. The second-order valence-electron chi connectivity index (χ2n) is 6.74. The molecule has 4 heteroatoms. The van der Waals surface area contributed by atoms with Gasteiger partial charge in [-0.25, -0.2) is 0 Å². The van der Waals surface area contributed by atoms with Crippen molar-refractivity contribution >= 4 is 11.6 Å². The van der Waals surface area contributed by atoms with E-state index in [2.05, 4.69) is 49.3 Å². The SMILES string of the molecule is CCCC(=O)Nc1c(Cc2cc(C)cc(C)c2)c(CC)c(C)[nH]c1=O. The Labute approximate surface area is 149 Å². The number of benzene rings is 1. The molecule has 0 bridgehead atoms. The predicted molar refractivity (Wildman–Crippen MR) is 103 cm³/mol. The zero-order valence-electron chi connectivity index (χ0n) is 15.9. The molecule has 4 nitrogen and oxygen atoms in total. The Bertz CT molecular complexity index is 814. The van der Waals surface area contributed by atoms with Gasteiger partial charge < -0.3 is 10.3 Å². The maximum Gasteiger partial charge on any atom is 0.272 e. The van der Waals surface area contributed by atoms with E-state index in [1.807, 2.05) is 13.8 Å². The molecule has 1 aromatic carbocycles. The number of nitrogens with one attached hydrogen (secondary N) is 2. The van der Waals surface area contributed by atoms with Gasteiger partial charge in [-0.3, -0.25) is 9.59 Å². The normalized spacial score (nSPS) is 10.8. The van der Waals surface area contributed by atoms with E-state index in [0.29, 0.717) is 18.5 Å². The highest BCUT2D eigenvalue weighted by Gasteiger charge is 2.17. The van der Waals surface area contributed by atoms with Gasteiger partial charge in [0, 0.05) is 18.5 Å². The van der Waals surface area contributed by atoms with Gasteiger partial charge in [0.05, 0.1) is 0 Å². The maximum atomic E-state index is 12.5. The number of anilines is 1. The summed E-state index contributed by atoms with van der Waals surface area (Å²) >= 11 is 0. The molecule has 1 aromatic heterocycles. The molecule has 0 fully saturated rings. The van der Waals surface area contributed by atoms with E-state index in [9.17, 15) is 9.59 Å². The van der Waals surface area contributed by atoms with Crippen molar-refractivity contribution in [3.63, 3.8) is 0 Å². The molecule has 0 saturated heterocycles. The number of hydrogen-bond acceptors (Lipinski definition) is 2. The van der Waals surface area contributed by atoms with Crippen LogP contribution in [0.25, 0.3) is 0 Å². The zero-order chi connectivity index (χ0) is 18.6. The Morgan fingerprint density at radius 1 is 1.04 bits per heavy atom. The summed E-state index contributed by atoms with van der Waals surface area (Å²) in [6, 6.07) is 6.42. The first kappa shape index (κ1) is 19.0. The molecule has 1 heterocycles. The Morgan fingerprint density at radius 2 is 1.68 bits per heavy atom. The molecule has 0 saturated carbocycles. The number of aryl methyl sites for hydroxylation is 3. The van der Waals surface area contributed by atoms with Crippen molar-refractivity contribution in [2.75, 3.05) is 5.32 Å². The number of aromatic amines is 1. The molecule has 2 aromatic rings. The molecule has 0 aliphatic rings. The fraction of sp³-hybridized carbons (Fsp3) is 0.429. The quantitative estimate of drug-likeness (QED) is 0.828. The van der Waals surface area contributed by atoms with Crippen LogP contribution in [0, 0.1) is 20.8 Å². The van der Waals surface area contributed by atoms with Crippen LogP contribution in [-0.2, 0) is 17.6 Å². The van der Waals surface area contributed by atoms with Gasteiger partial charge in [-0.2, -0.15) is 0 Å². The van der Waals surface area contributed by atoms with Gasteiger partial charge in [0.2, 0.25) is 5.91 Å². The first-order valence-electron chi connectivity index (χ1n) is 8.97. The van der Waals surface area contributed by atoms with Crippen molar-refractivity contribution < 1.29 is 4.79 Å². The minimum absolute atomic E-state index is 0.111. The highest BCUT2D eigenvalue weighted by atomic mass is 16.2. The van der Waals surface area contributed by atoms with E-state index < -0.39 is 0 Å². The molecule has 0 radical (unpaired) electrons. The number of aromatic nitrogens is 1. The molecule has 134 valence electrons. The fourth-order valence-corrected chi connectivity index (χ4v) is 3.43. The van der Waals surface area contributed by atoms with Crippen LogP contribution in [0.3, 0.4) is 0 Å². The Hall–Kier alpha value is -2.36. The van der Waals surface area contributed by atoms with Crippen molar-refractivity contribution in [2.24, 2.45) is 0 Å². The molecule has 0 aliphatic heterocycles. The third-order valence-corrected chi connectivity index (χ3v) is 4.40. The lowest BCUT2D eigenvalue weighted by atomic mass is 9.94. The molecular weight excluding hydrogens is 312 g/mol. The highest BCUT2D eigenvalue weighted by Crippen LogP contribution is 2.24. The summed E-state index contributed by atoms with van der Waals surface area (Å²) in [5.41, 5.74) is 6.64. The summed E-state index contributed by atoms with van der Waals surface area (Å²) in [4.78, 5) is 27.5. The van der Waals surface area contributed by atoms with Gasteiger partial charge in [0.25, 0.3) is 5.56 Å². The van der Waals surface area contributed by atoms with Crippen LogP contribution < -0.4 is 10.9 Å². The standard InChI is InChI=1S/C21H28N2O2/c1-6-8-19(24)23-20-18(17(7-2)15(5)22-21(20)25)12-16-10-13(3)9-14(4)11-16/h9-11H,6-8,12H2,1-5H3,(H,22,25)(H,23,24). The largest absolute Gasteiger partial charge is 0.324 e. The van der Waals surface area contributed by atoms with Crippen molar-refractivity contribution in [3.8, 4) is 0 Å². The molecule has 1 amide bonds. The highest BCUT2D eigenvalue weighted by molar-refractivity contribution is 5.91. The summed E-state index contributed by atoms with van der Waals surface area (Å²) < 4.78 is 0. The fourth-order valence-electron chi connectivity index (χ4n) is 3.43. The van der Waals surface area contributed by atoms with Crippen molar-refractivity contribution in [1.82, 2.24) is 4.98 Å². The minimum atomic E-state index is -0.224. The Morgan fingerprint density at radius 3 is 2.24 bits per heavy atom. The second kappa shape index (κ2) is 8.15. The molecule has 0 spiro atoms. The summed E-state index contributed by atoms with van der Waals surface area (Å²) in [6.45, 7) is 10.1. The van der Waals surface area contributed by atoms with E-state index in [0.717, 1.165) is 35.2 Å². The van der Waals surface area contributed by atoms with E-state index in [1.165, 1.54) is 11.1 Å². The van der Waals surface area contributed by atoms with E-state index in [-0.39, 0.29) is 11.5 Å². The first-order valence-corrected chi connectivity index (χ1v) is 8.97. The van der Waals surface area contributed by atoms with Gasteiger partial charge in [0.1, 0.15) is 5.69 Å². The van der Waals surface area contributed by atoms with Crippen LogP contribution in [0.2, 0.25) is 0 Å². The molecule has 0 aliphatic carbocycles. The number of carbonyl (C=O) groups is 1. The molecule has 0 atom stereocenters. The van der Waals surface area contributed by atoms with Crippen molar-refractivity contribution in [1.29, 1.82) is 0 Å². The zero-order valence-corrected chi connectivity index (χ0v) is 15.9. The Kier molecular flexibility index (Phi) is 6.18. The van der Waals surface area contributed by atoms with Gasteiger partial charge in [-0.1, -0.05) is 43.2 Å². The van der Waals surface area contributed by atoms with Crippen LogP contribution in [0.5, 0.6) is 0 Å². The smallest absolute Gasteiger partial charge is 0.272 e. The lowest BCUT2D eigenvalue weighted by Gasteiger charge is -2.17. The molecule has 0 unspecified atom stereocenters. The minimum Gasteiger partial charge on any atom is -0.324 e. The average molecular weight is 340 g/mol. The number of H-pyrrole nitrogens is 1. The first-order chi connectivity index (χ1) is 11.8. The lowest BCUT2D eigenvalue weighted by molar-refractivity contribution is -0.116. The van der Waals surface area contributed by atoms with Crippen LogP contribution >= 0.6 is 0 Å². The van der Waals surface area contributed by atoms with Gasteiger partial charge in [0.15, 0.2) is 0 Å². The van der Waals surface area contributed by atoms with Crippen LogP contribution in [0.15, 0.2) is 23.0 Å². The van der Waals surface area contributed by atoms with E-state index in [1.54, 1.807) is 0 Å². The summed E-state index contributed by atoms with van der Waals surface area (Å²) in [6.07, 6.45) is 2.61. The second-order valence-corrected chi connectivity index (χ2v) is 6.74. The number of carbonyl (C=O) groups excluding carboxylic acids is 1. The third-order valence-electron chi connectivity index (χ3n) is 4.40. The van der Waals surface area contributed by atoms with Crippen LogP contribution in [0.4, 0.5) is 5.69 Å². The lowest BCUT2D eigenvalue weighted by Crippen LogP contribution is -2.24. The van der Waals surface area contributed by atoms with Crippen molar-refractivity contribution in [2.45, 2.75) is 60.3 Å². The van der Waals surface area contributed by atoms with Gasteiger partial charge in [-0.05, 0) is 50.3 Å². The van der Waals surface area contributed by atoms with Crippen LogP contribution in [-0.4, -0.2) is 10.9 Å². The topological polar surface area (TPSA) is 62.0 Å². The molecule has 25 heavy (non-hydrogen) atoms. The monoisotopic (exact) mass is 340 g/mol. The molecule has 2 rings (SSSR count). The third kappa shape index (κ3) is 4.59. The van der Waals surface area contributed by atoms with Crippen LogP contribution in [0.1, 0.15) is 60.2 Å². The molecule has 2 N–H and O–H groups in total. The van der Waals surface area contributed by atoms with Gasteiger partial charge in [-0.15, -0.1) is 0 Å². The number of rotatable bonds is 6. The molecular formula is C21H28N2O2. The van der Waals surface area contributed by atoms with Crippen molar-refractivity contribution in [3.05, 3.63) is 62.1 Å². The van der Waals surface area contributed by atoms with E-state index >= 15 is 0 Å². The van der Waals surface area contributed by atoms with Gasteiger partial charge >= 0.3 is 0 Å². The maximum absolute atomic E-state index is 12.5. The Balaban J connectivity index is 2.55. The summed E-state index contributed by atoms with van der Waals surface area (Å²) in [5.74, 6) is -0.111. The predicted octanol–water partition coefficient (Wildman–Crippen LogP) is 4.19. The number of amides is 1. The number of pyridine rings is 1. The summed E-state index contributed by atoms with van der Waals surface area (Å²) in [7, 11) is 0. The van der Waals surface area contributed by atoms with E-state index in [4.69, 9.17) is 0 Å².